The zero-order valence-corrected chi connectivity index (χ0v) is 18.9. The van der Waals surface area contributed by atoms with Gasteiger partial charge in [-0.2, -0.15) is 0 Å². The van der Waals surface area contributed by atoms with Gasteiger partial charge in [0.15, 0.2) is 0 Å². The fourth-order valence-electron chi connectivity index (χ4n) is 3.51. The van der Waals surface area contributed by atoms with Crippen LogP contribution in [0.5, 0.6) is 5.75 Å². The number of rotatable bonds is 10. The molecule has 1 fully saturated rings. The number of hydrogen-bond acceptors (Lipinski definition) is 5. The molecule has 0 aromatic heterocycles. The molecule has 1 saturated heterocycles. The molecule has 2 N–H and O–H groups in total. The molecule has 1 heterocycles. The largest absolute Gasteiger partial charge is 0.491 e. The van der Waals surface area contributed by atoms with Crippen LogP contribution in [0.2, 0.25) is 0 Å². The highest BCUT2D eigenvalue weighted by Crippen LogP contribution is 2.19. The van der Waals surface area contributed by atoms with Gasteiger partial charge >= 0.3 is 0 Å². The van der Waals surface area contributed by atoms with Crippen molar-refractivity contribution in [2.75, 3.05) is 50.1 Å². The van der Waals surface area contributed by atoms with E-state index >= 15 is 0 Å². The van der Waals surface area contributed by atoms with Crippen molar-refractivity contribution in [3.8, 4) is 5.75 Å². The number of hydrogen-bond donors (Lipinski definition) is 2. The van der Waals surface area contributed by atoms with E-state index in [0.717, 1.165) is 37.4 Å². The van der Waals surface area contributed by atoms with E-state index in [1.54, 1.807) is 12.1 Å². The minimum Gasteiger partial charge on any atom is -0.491 e. The van der Waals surface area contributed by atoms with E-state index in [1.807, 2.05) is 48.2 Å². The van der Waals surface area contributed by atoms with Crippen LogP contribution < -0.4 is 15.4 Å². The van der Waals surface area contributed by atoms with Crippen molar-refractivity contribution in [2.24, 2.45) is 5.92 Å². The van der Waals surface area contributed by atoms with Crippen LogP contribution in [0.15, 0.2) is 48.5 Å². The molecule has 3 rings (SSSR count). The molecule has 172 valence electrons. The maximum atomic E-state index is 12.6. The van der Waals surface area contributed by atoms with Crippen molar-refractivity contribution in [1.29, 1.82) is 0 Å². The number of nitrogens with zero attached hydrogens (tertiary/aromatic N) is 1. The molecule has 0 atom stereocenters. The van der Waals surface area contributed by atoms with Crippen LogP contribution in [0.3, 0.4) is 0 Å². The first-order valence-electron chi connectivity index (χ1n) is 11.3. The van der Waals surface area contributed by atoms with E-state index in [0.29, 0.717) is 37.0 Å². The summed E-state index contributed by atoms with van der Waals surface area (Å²) in [6.45, 7) is 7.65. The summed E-state index contributed by atoms with van der Waals surface area (Å²) in [7, 11) is 0. The highest BCUT2D eigenvalue weighted by atomic mass is 16.5. The lowest BCUT2D eigenvalue weighted by molar-refractivity contribution is -0.114. The fourth-order valence-corrected chi connectivity index (χ4v) is 3.51. The highest BCUT2D eigenvalue weighted by molar-refractivity contribution is 5.95. The minimum absolute atomic E-state index is 0.0755. The molecule has 0 spiro atoms. The number of amides is 2. The van der Waals surface area contributed by atoms with E-state index in [-0.39, 0.29) is 18.4 Å². The van der Waals surface area contributed by atoms with E-state index in [2.05, 4.69) is 17.6 Å². The van der Waals surface area contributed by atoms with Gasteiger partial charge in [-0.3, -0.25) is 9.59 Å². The molecular formula is C25H33N3O4. The Morgan fingerprint density at radius 3 is 2.28 bits per heavy atom. The molecule has 0 aliphatic carbocycles. The van der Waals surface area contributed by atoms with Gasteiger partial charge in [-0.25, -0.2) is 0 Å². The lowest BCUT2D eigenvalue weighted by Crippen LogP contribution is -2.37. The van der Waals surface area contributed by atoms with Crippen LogP contribution in [-0.4, -0.2) is 56.2 Å². The summed E-state index contributed by atoms with van der Waals surface area (Å²) in [5.74, 6) is 1.34. The number of anilines is 2. The van der Waals surface area contributed by atoms with E-state index < -0.39 is 0 Å². The van der Waals surface area contributed by atoms with Crippen LogP contribution in [0, 0.1) is 5.92 Å². The molecule has 0 saturated carbocycles. The Balaban J connectivity index is 1.41. The van der Waals surface area contributed by atoms with Crippen LogP contribution in [0.25, 0.3) is 0 Å². The summed E-state index contributed by atoms with van der Waals surface area (Å²) in [6.07, 6.45) is 2.12. The van der Waals surface area contributed by atoms with Crippen molar-refractivity contribution < 1.29 is 19.1 Å². The van der Waals surface area contributed by atoms with Crippen LogP contribution in [-0.2, 0) is 9.53 Å². The zero-order chi connectivity index (χ0) is 22.8. The standard InChI is InChI=1S/C25H33N3O4/c1-3-31-16-17-32-23-10-8-22(9-11-23)27-24(29)18-26-21-6-4-20(5-7-21)25(30)28-14-12-19(2)13-15-28/h4-11,19,26H,3,12-18H2,1-2H3,(H,27,29). The fraction of sp³-hybridized carbons (Fsp3) is 0.440. The number of piperidine rings is 1. The highest BCUT2D eigenvalue weighted by Gasteiger charge is 2.21. The maximum Gasteiger partial charge on any atom is 0.253 e. The summed E-state index contributed by atoms with van der Waals surface area (Å²) in [6, 6.07) is 14.5. The average molecular weight is 440 g/mol. The Morgan fingerprint density at radius 2 is 1.62 bits per heavy atom. The molecular weight excluding hydrogens is 406 g/mol. The molecule has 1 aliphatic rings. The zero-order valence-electron chi connectivity index (χ0n) is 18.9. The second-order valence-corrected chi connectivity index (χ2v) is 8.02. The normalized spacial score (nSPS) is 14.1. The summed E-state index contributed by atoms with van der Waals surface area (Å²) in [5, 5.41) is 5.94. The van der Waals surface area contributed by atoms with E-state index in [9.17, 15) is 9.59 Å². The Morgan fingerprint density at radius 1 is 0.969 bits per heavy atom. The summed E-state index contributed by atoms with van der Waals surface area (Å²) in [5.41, 5.74) is 2.17. The van der Waals surface area contributed by atoms with E-state index in [4.69, 9.17) is 9.47 Å². The molecule has 0 bridgehead atoms. The maximum absolute atomic E-state index is 12.6. The Labute approximate surface area is 190 Å². The van der Waals surface area contributed by atoms with Gasteiger partial charge in [-0.05, 0) is 74.2 Å². The second kappa shape index (κ2) is 12.1. The summed E-state index contributed by atoms with van der Waals surface area (Å²) < 4.78 is 10.8. The summed E-state index contributed by atoms with van der Waals surface area (Å²) >= 11 is 0. The molecule has 2 aromatic rings. The van der Waals surface area contributed by atoms with Crippen LogP contribution >= 0.6 is 0 Å². The van der Waals surface area contributed by atoms with Gasteiger partial charge in [0.25, 0.3) is 5.91 Å². The van der Waals surface area contributed by atoms with E-state index in [1.165, 1.54) is 0 Å². The minimum atomic E-state index is -0.155. The molecule has 7 heteroatoms. The summed E-state index contributed by atoms with van der Waals surface area (Å²) in [4.78, 5) is 26.8. The van der Waals surface area contributed by atoms with Crippen LogP contribution in [0.1, 0.15) is 37.0 Å². The SMILES string of the molecule is CCOCCOc1ccc(NC(=O)CNc2ccc(C(=O)N3CCC(C)CC3)cc2)cc1. The van der Waals surface area contributed by atoms with Gasteiger partial charge in [0, 0.05) is 36.6 Å². The molecule has 7 nitrogen and oxygen atoms in total. The Bertz CT molecular complexity index is 860. The third-order valence-electron chi connectivity index (χ3n) is 5.49. The van der Waals surface area contributed by atoms with Gasteiger partial charge in [-0.1, -0.05) is 6.92 Å². The molecule has 32 heavy (non-hydrogen) atoms. The molecule has 2 amide bonds. The van der Waals surface area contributed by atoms with Gasteiger partial charge < -0.3 is 25.0 Å². The number of nitrogens with one attached hydrogen (secondary N) is 2. The van der Waals surface area contributed by atoms with Crippen molar-refractivity contribution in [3.63, 3.8) is 0 Å². The van der Waals surface area contributed by atoms with Crippen LogP contribution in [0.4, 0.5) is 11.4 Å². The topological polar surface area (TPSA) is 79.9 Å². The number of carbonyl (C=O) groups is 2. The predicted octanol–water partition coefficient (Wildman–Crippen LogP) is 4.02. The van der Waals surface area contributed by atoms with Gasteiger partial charge in [0.05, 0.1) is 13.2 Å². The number of benzene rings is 2. The lowest BCUT2D eigenvalue weighted by atomic mass is 9.98. The number of likely N-dealkylation sites (tertiary alicyclic amines) is 1. The Kier molecular flexibility index (Phi) is 8.92. The average Bonchev–Trinajstić information content (AvgIpc) is 2.82. The smallest absolute Gasteiger partial charge is 0.253 e. The van der Waals surface area contributed by atoms with Crippen molar-refractivity contribution >= 4 is 23.2 Å². The third-order valence-corrected chi connectivity index (χ3v) is 5.49. The first-order valence-corrected chi connectivity index (χ1v) is 11.3. The number of carbonyl (C=O) groups excluding carboxylic acids is 2. The monoisotopic (exact) mass is 439 g/mol. The Hall–Kier alpha value is -3.06. The van der Waals surface area contributed by atoms with Gasteiger partial charge in [0.2, 0.25) is 5.91 Å². The third kappa shape index (κ3) is 7.27. The number of ether oxygens (including phenoxy) is 2. The van der Waals surface area contributed by atoms with Gasteiger partial charge in [0.1, 0.15) is 12.4 Å². The van der Waals surface area contributed by atoms with Crippen molar-refractivity contribution in [1.82, 2.24) is 4.90 Å². The first kappa shape index (κ1) is 23.6. The lowest BCUT2D eigenvalue weighted by Gasteiger charge is -2.30. The molecule has 0 unspecified atom stereocenters. The molecule has 2 aromatic carbocycles. The second-order valence-electron chi connectivity index (χ2n) is 8.02. The quantitative estimate of drug-likeness (QED) is 0.547. The van der Waals surface area contributed by atoms with Crippen molar-refractivity contribution in [2.45, 2.75) is 26.7 Å². The molecule has 1 aliphatic heterocycles. The molecule has 0 radical (unpaired) electrons. The van der Waals surface area contributed by atoms with Gasteiger partial charge in [-0.15, -0.1) is 0 Å². The predicted molar refractivity (Wildman–Crippen MR) is 126 cm³/mol. The first-order chi connectivity index (χ1) is 15.5. The van der Waals surface area contributed by atoms with Crippen molar-refractivity contribution in [3.05, 3.63) is 54.1 Å².